The Morgan fingerprint density at radius 2 is 2.17 bits per heavy atom. The minimum absolute atomic E-state index is 0.0194. The minimum atomic E-state index is -0.437. The van der Waals surface area contributed by atoms with Gasteiger partial charge in [0.25, 0.3) is 11.5 Å². The maximum Gasteiger partial charge on any atom is 0.270 e. The Kier molecular flexibility index (Phi) is 4.36. The van der Waals surface area contributed by atoms with Gasteiger partial charge >= 0.3 is 0 Å². The van der Waals surface area contributed by atoms with Crippen LogP contribution in [0.25, 0.3) is 5.65 Å². The van der Waals surface area contributed by atoms with E-state index in [1.165, 1.54) is 10.6 Å². The van der Waals surface area contributed by atoms with Crippen LogP contribution in [0.1, 0.15) is 29.6 Å². The summed E-state index contributed by atoms with van der Waals surface area (Å²) in [5.41, 5.74) is 0.135. The van der Waals surface area contributed by atoms with Gasteiger partial charge in [0, 0.05) is 38.4 Å². The molecule has 120 valence electrons. The molecule has 3 heterocycles. The number of hydrogen-bond acceptors (Lipinski definition) is 4. The Morgan fingerprint density at radius 1 is 1.30 bits per heavy atom. The highest BCUT2D eigenvalue weighted by Gasteiger charge is 2.19. The molecule has 7 heteroatoms. The number of likely N-dealkylation sites (tertiary alicyclic amines) is 1. The molecule has 2 amide bonds. The van der Waals surface area contributed by atoms with Crippen molar-refractivity contribution in [1.29, 1.82) is 0 Å². The topological polar surface area (TPSA) is 83.8 Å². The Bertz CT molecular complexity index is 799. The number of amides is 2. The number of nitrogens with one attached hydrogen (secondary N) is 1. The van der Waals surface area contributed by atoms with E-state index >= 15 is 0 Å². The predicted molar refractivity (Wildman–Crippen MR) is 84.2 cm³/mol. The molecule has 2 aromatic rings. The van der Waals surface area contributed by atoms with E-state index in [1.807, 2.05) is 0 Å². The maximum atomic E-state index is 12.3. The maximum absolute atomic E-state index is 12.3. The zero-order chi connectivity index (χ0) is 16.2. The molecule has 0 atom stereocenters. The van der Waals surface area contributed by atoms with Gasteiger partial charge in [0.15, 0.2) is 0 Å². The van der Waals surface area contributed by atoms with Crippen molar-refractivity contribution >= 4 is 17.5 Å². The van der Waals surface area contributed by atoms with Crippen LogP contribution in [0.4, 0.5) is 0 Å². The third-order valence-electron chi connectivity index (χ3n) is 3.92. The summed E-state index contributed by atoms with van der Waals surface area (Å²) in [4.78, 5) is 41.8. The van der Waals surface area contributed by atoms with Crippen molar-refractivity contribution in [3.05, 3.63) is 46.5 Å². The number of nitrogens with zero attached hydrogens (tertiary/aromatic N) is 3. The van der Waals surface area contributed by atoms with Crippen LogP contribution < -0.4 is 10.9 Å². The van der Waals surface area contributed by atoms with Gasteiger partial charge in [-0.1, -0.05) is 6.07 Å². The molecule has 0 bridgehead atoms. The normalized spacial score (nSPS) is 14.4. The molecule has 3 rings (SSSR count). The third-order valence-corrected chi connectivity index (χ3v) is 3.92. The summed E-state index contributed by atoms with van der Waals surface area (Å²) >= 11 is 0. The molecule has 1 saturated heterocycles. The van der Waals surface area contributed by atoms with Gasteiger partial charge in [0.1, 0.15) is 11.2 Å². The average Bonchev–Trinajstić information content (AvgIpc) is 2.97. The minimum Gasteiger partial charge on any atom is -0.352 e. The molecule has 2 aromatic heterocycles. The number of hydrogen-bond donors (Lipinski definition) is 1. The summed E-state index contributed by atoms with van der Waals surface area (Å²) in [7, 11) is 0. The highest BCUT2D eigenvalue weighted by Crippen LogP contribution is 2.09. The summed E-state index contributed by atoms with van der Waals surface area (Å²) in [6.45, 7) is 1.84. The summed E-state index contributed by atoms with van der Waals surface area (Å²) in [5, 5.41) is 2.71. The summed E-state index contributed by atoms with van der Waals surface area (Å²) < 4.78 is 1.35. The van der Waals surface area contributed by atoms with Gasteiger partial charge in [-0.05, 0) is 25.0 Å². The zero-order valence-corrected chi connectivity index (χ0v) is 12.7. The van der Waals surface area contributed by atoms with Crippen LogP contribution in [0.5, 0.6) is 0 Å². The molecule has 0 aliphatic carbocycles. The Hall–Kier alpha value is -2.70. The molecule has 0 unspecified atom stereocenters. The SMILES string of the molecule is O=C(NCCCN1CCCC1=O)c1cnc2ccccn2c1=O. The van der Waals surface area contributed by atoms with Crippen molar-refractivity contribution in [3.63, 3.8) is 0 Å². The van der Waals surface area contributed by atoms with Gasteiger partial charge < -0.3 is 10.2 Å². The second kappa shape index (κ2) is 6.60. The van der Waals surface area contributed by atoms with E-state index in [4.69, 9.17) is 0 Å². The lowest BCUT2D eigenvalue weighted by Gasteiger charge is -2.15. The molecule has 1 fully saturated rings. The molecule has 0 saturated carbocycles. The van der Waals surface area contributed by atoms with E-state index in [2.05, 4.69) is 10.3 Å². The lowest BCUT2D eigenvalue weighted by molar-refractivity contribution is -0.127. The molecule has 1 N–H and O–H groups in total. The fourth-order valence-corrected chi connectivity index (χ4v) is 2.69. The number of carbonyl (C=O) groups is 2. The van der Waals surface area contributed by atoms with Crippen LogP contribution in [-0.4, -0.2) is 45.7 Å². The van der Waals surface area contributed by atoms with Crippen molar-refractivity contribution in [3.8, 4) is 0 Å². The lowest BCUT2D eigenvalue weighted by atomic mass is 10.3. The first-order chi connectivity index (χ1) is 11.2. The third kappa shape index (κ3) is 3.23. The molecule has 23 heavy (non-hydrogen) atoms. The lowest BCUT2D eigenvalue weighted by Crippen LogP contribution is -2.34. The van der Waals surface area contributed by atoms with E-state index in [1.54, 1.807) is 29.3 Å². The summed E-state index contributed by atoms with van der Waals surface area (Å²) in [5.74, 6) is -0.262. The van der Waals surface area contributed by atoms with Crippen LogP contribution in [0.3, 0.4) is 0 Å². The fraction of sp³-hybridized carbons (Fsp3) is 0.375. The fourth-order valence-electron chi connectivity index (χ4n) is 2.69. The molecular weight excluding hydrogens is 296 g/mol. The predicted octanol–water partition coefficient (Wildman–Crippen LogP) is 0.437. The first kappa shape index (κ1) is 15.2. The van der Waals surface area contributed by atoms with E-state index in [-0.39, 0.29) is 17.0 Å². The highest BCUT2D eigenvalue weighted by molar-refractivity contribution is 5.93. The Balaban J connectivity index is 1.59. The zero-order valence-electron chi connectivity index (χ0n) is 12.7. The smallest absolute Gasteiger partial charge is 0.270 e. The first-order valence-electron chi connectivity index (χ1n) is 7.69. The average molecular weight is 314 g/mol. The van der Waals surface area contributed by atoms with Gasteiger partial charge in [-0.25, -0.2) is 4.98 Å². The summed E-state index contributed by atoms with van der Waals surface area (Å²) in [6.07, 6.45) is 5.08. The molecule has 7 nitrogen and oxygen atoms in total. The Labute approximate surface area is 132 Å². The quantitative estimate of drug-likeness (QED) is 0.812. The number of carbonyl (C=O) groups excluding carboxylic acids is 2. The van der Waals surface area contributed by atoms with Crippen LogP contribution in [0.2, 0.25) is 0 Å². The van der Waals surface area contributed by atoms with Crippen molar-refractivity contribution < 1.29 is 9.59 Å². The van der Waals surface area contributed by atoms with Crippen LogP contribution in [-0.2, 0) is 4.79 Å². The molecule has 0 spiro atoms. The molecular formula is C16H18N4O3. The van der Waals surface area contributed by atoms with Gasteiger partial charge in [0.05, 0.1) is 0 Å². The number of aromatic nitrogens is 2. The van der Waals surface area contributed by atoms with Gasteiger partial charge in [-0.3, -0.25) is 18.8 Å². The van der Waals surface area contributed by atoms with Gasteiger partial charge in [-0.2, -0.15) is 0 Å². The van der Waals surface area contributed by atoms with E-state index < -0.39 is 5.91 Å². The molecule has 0 radical (unpaired) electrons. The number of rotatable bonds is 5. The molecule has 0 aromatic carbocycles. The first-order valence-corrected chi connectivity index (χ1v) is 7.69. The monoisotopic (exact) mass is 314 g/mol. The largest absolute Gasteiger partial charge is 0.352 e. The van der Waals surface area contributed by atoms with Crippen molar-refractivity contribution in [1.82, 2.24) is 19.6 Å². The number of pyridine rings is 1. The van der Waals surface area contributed by atoms with E-state index in [0.29, 0.717) is 31.6 Å². The Morgan fingerprint density at radius 3 is 2.96 bits per heavy atom. The van der Waals surface area contributed by atoms with E-state index in [0.717, 1.165) is 13.0 Å². The second-order valence-electron chi connectivity index (χ2n) is 5.50. The van der Waals surface area contributed by atoms with Gasteiger partial charge in [0.2, 0.25) is 5.91 Å². The van der Waals surface area contributed by atoms with Crippen molar-refractivity contribution in [2.45, 2.75) is 19.3 Å². The molecule has 1 aliphatic rings. The number of fused-ring (bicyclic) bond motifs is 1. The van der Waals surface area contributed by atoms with Crippen LogP contribution in [0, 0.1) is 0 Å². The van der Waals surface area contributed by atoms with E-state index in [9.17, 15) is 14.4 Å². The highest BCUT2D eigenvalue weighted by atomic mass is 16.2. The molecule has 1 aliphatic heterocycles. The van der Waals surface area contributed by atoms with Crippen LogP contribution >= 0.6 is 0 Å². The summed E-state index contributed by atoms with van der Waals surface area (Å²) in [6, 6.07) is 5.20. The van der Waals surface area contributed by atoms with Crippen molar-refractivity contribution in [2.75, 3.05) is 19.6 Å². The van der Waals surface area contributed by atoms with Crippen LogP contribution in [0.15, 0.2) is 35.4 Å². The standard InChI is InChI=1S/C16H18N4O3/c21-14-6-3-8-19(14)9-4-7-17-15(22)12-11-18-13-5-1-2-10-20(13)16(12)23/h1-2,5,10-11H,3-4,6-9H2,(H,17,22). The van der Waals surface area contributed by atoms with Crippen molar-refractivity contribution in [2.24, 2.45) is 0 Å². The van der Waals surface area contributed by atoms with Gasteiger partial charge in [-0.15, -0.1) is 0 Å². The second-order valence-corrected chi connectivity index (χ2v) is 5.50.